The summed E-state index contributed by atoms with van der Waals surface area (Å²) in [6, 6.07) is 3.49. The summed E-state index contributed by atoms with van der Waals surface area (Å²) < 4.78 is 39.1. The number of hydrogen-bond acceptors (Lipinski definition) is 3. The first-order valence-corrected chi connectivity index (χ1v) is 6.48. The summed E-state index contributed by atoms with van der Waals surface area (Å²) in [5.41, 5.74) is -0.659. The zero-order valence-electron chi connectivity index (χ0n) is 10.3. The number of hydrogen-bond donors (Lipinski definition) is 0. The number of amidine groups is 1. The molecule has 4 nitrogen and oxygen atoms in total. The van der Waals surface area contributed by atoms with Gasteiger partial charge in [-0.05, 0) is 24.6 Å². The lowest BCUT2D eigenvalue weighted by Gasteiger charge is -2.21. The number of halogens is 3. The van der Waals surface area contributed by atoms with E-state index in [0.29, 0.717) is 5.56 Å². The topological polar surface area (TPSA) is 49.7 Å². The third-order valence-electron chi connectivity index (χ3n) is 2.63. The van der Waals surface area contributed by atoms with Crippen LogP contribution in [0.2, 0.25) is 0 Å². The summed E-state index contributed by atoms with van der Waals surface area (Å²) in [7, 11) is 0. The molecule has 0 unspecified atom stereocenters. The second kappa shape index (κ2) is 5.28. The van der Waals surface area contributed by atoms with Crippen molar-refractivity contribution in [3.05, 3.63) is 29.3 Å². The molecule has 1 aromatic carbocycles. The fraction of sp³-hybridized carbons (Fsp3) is 0.250. The van der Waals surface area contributed by atoms with Gasteiger partial charge >= 0.3 is 6.18 Å². The van der Waals surface area contributed by atoms with E-state index in [2.05, 4.69) is 4.99 Å². The number of carbonyl (C=O) groups is 2. The Morgan fingerprint density at radius 1 is 1.40 bits per heavy atom. The van der Waals surface area contributed by atoms with E-state index in [1.807, 2.05) is 0 Å². The Morgan fingerprint density at radius 2 is 2.10 bits per heavy atom. The summed E-state index contributed by atoms with van der Waals surface area (Å²) in [5.74, 6) is -0.579. The van der Waals surface area contributed by atoms with E-state index in [4.69, 9.17) is 0 Å². The molecule has 0 saturated carbocycles. The van der Waals surface area contributed by atoms with Gasteiger partial charge in [0.15, 0.2) is 5.17 Å². The number of aryl methyl sites for hydroxylation is 1. The lowest BCUT2D eigenvalue weighted by molar-refractivity contribution is -0.137. The van der Waals surface area contributed by atoms with E-state index in [1.165, 1.54) is 12.1 Å². The number of alkyl halides is 3. The molecule has 1 aliphatic rings. The predicted octanol–water partition coefficient (Wildman–Crippen LogP) is 2.61. The summed E-state index contributed by atoms with van der Waals surface area (Å²) in [6.45, 7) is 1.62. The molecule has 1 fully saturated rings. The third kappa shape index (κ3) is 2.69. The molecule has 0 N–H and O–H groups in total. The van der Waals surface area contributed by atoms with Gasteiger partial charge in [-0.25, -0.2) is 0 Å². The molecule has 1 aliphatic heterocycles. The van der Waals surface area contributed by atoms with Crippen LogP contribution in [-0.4, -0.2) is 23.2 Å². The van der Waals surface area contributed by atoms with Crippen molar-refractivity contribution in [3.8, 4) is 0 Å². The average molecular weight is 302 g/mol. The van der Waals surface area contributed by atoms with Gasteiger partial charge in [-0.15, -0.1) is 0 Å². The molecule has 0 spiro atoms. The van der Waals surface area contributed by atoms with Gasteiger partial charge in [0.2, 0.25) is 12.3 Å². The Labute approximate surface area is 116 Å². The molecule has 2 rings (SSSR count). The van der Waals surface area contributed by atoms with E-state index >= 15 is 0 Å². The second-order valence-electron chi connectivity index (χ2n) is 4.05. The Morgan fingerprint density at radius 3 is 2.70 bits per heavy atom. The van der Waals surface area contributed by atoms with Gasteiger partial charge in [0.1, 0.15) is 0 Å². The Balaban J connectivity index is 2.61. The molecular formula is C12H9F3N2O2S. The van der Waals surface area contributed by atoms with Crippen LogP contribution in [0, 0.1) is 6.92 Å². The van der Waals surface area contributed by atoms with Crippen molar-refractivity contribution in [2.45, 2.75) is 13.1 Å². The highest BCUT2D eigenvalue weighted by Crippen LogP contribution is 2.39. The van der Waals surface area contributed by atoms with E-state index in [9.17, 15) is 22.8 Å². The molecule has 20 heavy (non-hydrogen) atoms. The van der Waals surface area contributed by atoms with Crippen LogP contribution in [0.5, 0.6) is 0 Å². The second-order valence-corrected chi connectivity index (χ2v) is 5.00. The third-order valence-corrected chi connectivity index (χ3v) is 3.57. The molecule has 2 amide bonds. The molecule has 1 aromatic rings. The van der Waals surface area contributed by atoms with Crippen molar-refractivity contribution in [1.82, 2.24) is 0 Å². The Kier molecular flexibility index (Phi) is 3.85. The molecule has 0 atom stereocenters. The summed E-state index contributed by atoms with van der Waals surface area (Å²) in [4.78, 5) is 26.5. The minimum Gasteiger partial charge on any atom is -0.276 e. The highest BCUT2D eigenvalue weighted by Gasteiger charge is 2.39. The molecule has 0 radical (unpaired) electrons. The Hall–Kier alpha value is -1.83. The van der Waals surface area contributed by atoms with E-state index < -0.39 is 17.6 Å². The first kappa shape index (κ1) is 14.6. The standard InChI is InChI=1S/C12H9F3N2O2S/c1-7-2-3-8(12(13,14)15)9(4-7)17-10(19)5-20-11(17)16-6-18/h2-4,6H,5H2,1H3. The van der Waals surface area contributed by atoms with E-state index in [1.54, 1.807) is 6.92 Å². The van der Waals surface area contributed by atoms with Gasteiger partial charge in [-0.3, -0.25) is 14.5 Å². The number of thioether (sulfide) groups is 1. The summed E-state index contributed by atoms with van der Waals surface area (Å²) in [5, 5.41) is -0.0406. The van der Waals surface area contributed by atoms with Gasteiger partial charge < -0.3 is 0 Å². The van der Waals surface area contributed by atoms with Crippen LogP contribution >= 0.6 is 11.8 Å². The maximum atomic E-state index is 13.0. The van der Waals surface area contributed by atoms with Crippen LogP contribution in [0.4, 0.5) is 18.9 Å². The SMILES string of the molecule is Cc1ccc(C(F)(F)F)c(N2C(=O)CSC2=NC=O)c1. The molecule has 0 aliphatic carbocycles. The van der Waals surface area contributed by atoms with Crippen LogP contribution in [0.15, 0.2) is 23.2 Å². The van der Waals surface area contributed by atoms with Crippen LogP contribution in [-0.2, 0) is 15.8 Å². The Bertz CT molecular complexity index is 599. The minimum absolute atomic E-state index is 0.0406. The number of nitrogens with zero attached hydrogens (tertiary/aromatic N) is 2. The monoisotopic (exact) mass is 302 g/mol. The van der Waals surface area contributed by atoms with Gasteiger partial charge in [0.25, 0.3) is 0 Å². The number of carbonyl (C=O) groups excluding carboxylic acids is 2. The van der Waals surface area contributed by atoms with Crippen molar-refractivity contribution in [1.29, 1.82) is 0 Å². The van der Waals surface area contributed by atoms with Crippen molar-refractivity contribution in [3.63, 3.8) is 0 Å². The molecule has 1 heterocycles. The zero-order valence-corrected chi connectivity index (χ0v) is 11.1. The molecular weight excluding hydrogens is 293 g/mol. The summed E-state index contributed by atoms with van der Waals surface area (Å²) in [6.07, 6.45) is -4.39. The number of rotatable bonds is 2. The lowest BCUT2D eigenvalue weighted by Crippen LogP contribution is -2.31. The van der Waals surface area contributed by atoms with Crippen LogP contribution in [0.3, 0.4) is 0 Å². The maximum Gasteiger partial charge on any atom is 0.418 e. The molecule has 1 saturated heterocycles. The van der Waals surface area contributed by atoms with E-state index in [-0.39, 0.29) is 23.0 Å². The first-order chi connectivity index (χ1) is 9.34. The van der Waals surface area contributed by atoms with Crippen LogP contribution in [0.1, 0.15) is 11.1 Å². The molecule has 106 valence electrons. The highest BCUT2D eigenvalue weighted by atomic mass is 32.2. The summed E-state index contributed by atoms with van der Waals surface area (Å²) >= 11 is 0.931. The number of anilines is 1. The molecule has 0 aromatic heterocycles. The quantitative estimate of drug-likeness (QED) is 0.789. The van der Waals surface area contributed by atoms with Crippen LogP contribution in [0.25, 0.3) is 0 Å². The predicted molar refractivity (Wildman–Crippen MR) is 69.6 cm³/mol. The maximum absolute atomic E-state index is 13.0. The zero-order chi connectivity index (χ0) is 14.9. The van der Waals surface area contributed by atoms with E-state index in [0.717, 1.165) is 22.7 Å². The van der Waals surface area contributed by atoms with Crippen molar-refractivity contribution >= 4 is 34.9 Å². The average Bonchev–Trinajstić information content (AvgIpc) is 2.69. The fourth-order valence-corrected chi connectivity index (χ4v) is 2.63. The molecule has 0 bridgehead atoms. The van der Waals surface area contributed by atoms with Gasteiger partial charge in [0, 0.05) is 0 Å². The van der Waals surface area contributed by atoms with Gasteiger partial charge in [0.05, 0.1) is 17.0 Å². The normalized spacial score (nSPS) is 17.9. The molecule has 8 heteroatoms. The number of aliphatic imine (C=N–C) groups is 1. The highest BCUT2D eigenvalue weighted by molar-refractivity contribution is 8.15. The smallest absolute Gasteiger partial charge is 0.276 e. The fourth-order valence-electron chi connectivity index (χ4n) is 1.81. The number of amides is 2. The minimum atomic E-state index is -4.59. The largest absolute Gasteiger partial charge is 0.418 e. The lowest BCUT2D eigenvalue weighted by atomic mass is 10.1. The van der Waals surface area contributed by atoms with Gasteiger partial charge in [-0.2, -0.15) is 18.2 Å². The van der Waals surface area contributed by atoms with Crippen molar-refractivity contribution in [2.24, 2.45) is 4.99 Å². The van der Waals surface area contributed by atoms with Crippen molar-refractivity contribution < 1.29 is 22.8 Å². The van der Waals surface area contributed by atoms with Crippen molar-refractivity contribution in [2.75, 3.05) is 10.7 Å². The first-order valence-electron chi connectivity index (χ1n) is 5.49. The van der Waals surface area contributed by atoms with Gasteiger partial charge in [-0.1, -0.05) is 17.8 Å². The number of benzene rings is 1. The van der Waals surface area contributed by atoms with Crippen LogP contribution < -0.4 is 4.90 Å².